The first-order chi connectivity index (χ1) is 12.5. The van der Waals surface area contributed by atoms with Crippen LogP contribution in [0.4, 0.5) is 10.1 Å². The normalized spacial score (nSPS) is 10.2. The highest BCUT2D eigenvalue weighted by Crippen LogP contribution is 2.33. The van der Waals surface area contributed by atoms with E-state index in [9.17, 15) is 14.0 Å². The number of anilines is 1. The van der Waals surface area contributed by atoms with Crippen LogP contribution < -0.4 is 14.8 Å². The number of benzene rings is 2. The van der Waals surface area contributed by atoms with E-state index in [2.05, 4.69) is 5.32 Å². The van der Waals surface area contributed by atoms with Crippen molar-refractivity contribution in [1.29, 1.82) is 0 Å². The van der Waals surface area contributed by atoms with Gasteiger partial charge in [-0.3, -0.25) is 9.59 Å². The molecule has 7 heteroatoms. The van der Waals surface area contributed by atoms with Gasteiger partial charge in [-0.1, -0.05) is 12.1 Å². The van der Waals surface area contributed by atoms with Crippen LogP contribution in [0.3, 0.4) is 0 Å². The second kappa shape index (κ2) is 9.41. The van der Waals surface area contributed by atoms with E-state index >= 15 is 0 Å². The number of ether oxygens (including phenoxy) is 2. The van der Waals surface area contributed by atoms with E-state index in [-0.39, 0.29) is 24.5 Å². The molecule has 138 valence electrons. The third-order valence-electron chi connectivity index (χ3n) is 3.55. The highest BCUT2D eigenvalue weighted by molar-refractivity contribution is 5.90. The number of nitrogens with one attached hydrogen (secondary N) is 1. The van der Waals surface area contributed by atoms with E-state index in [1.54, 1.807) is 24.3 Å². The third kappa shape index (κ3) is 5.77. The topological polar surface area (TPSA) is 84.9 Å². The Balaban J connectivity index is 1.94. The summed E-state index contributed by atoms with van der Waals surface area (Å²) < 4.78 is 24.9. The maximum atomic E-state index is 14.2. The number of methoxy groups -OCH3 is 1. The monoisotopic (exact) mass is 361 g/mol. The van der Waals surface area contributed by atoms with Gasteiger partial charge < -0.3 is 19.9 Å². The number of carboxylic acids is 1. The van der Waals surface area contributed by atoms with E-state index in [1.807, 2.05) is 0 Å². The summed E-state index contributed by atoms with van der Waals surface area (Å²) in [7, 11) is 1.49. The van der Waals surface area contributed by atoms with Gasteiger partial charge in [0.2, 0.25) is 5.91 Å². The van der Waals surface area contributed by atoms with Crippen LogP contribution in [0.15, 0.2) is 42.5 Å². The number of amides is 1. The molecule has 0 atom stereocenters. The molecule has 0 saturated heterocycles. The van der Waals surface area contributed by atoms with Gasteiger partial charge in [0.1, 0.15) is 0 Å². The van der Waals surface area contributed by atoms with Gasteiger partial charge in [0.15, 0.2) is 23.1 Å². The Kier molecular flexibility index (Phi) is 6.96. The molecule has 2 aromatic rings. The first-order valence-corrected chi connectivity index (χ1v) is 8.11. The van der Waals surface area contributed by atoms with Crippen molar-refractivity contribution in [2.45, 2.75) is 25.7 Å². The molecule has 2 N–H and O–H groups in total. The second-order valence-electron chi connectivity index (χ2n) is 5.55. The number of unbranched alkanes of at least 4 members (excludes halogenated alkanes) is 1. The lowest BCUT2D eigenvalue weighted by Gasteiger charge is -2.12. The van der Waals surface area contributed by atoms with E-state index in [0.717, 1.165) is 0 Å². The number of carbonyl (C=O) groups is 2. The average Bonchev–Trinajstić information content (AvgIpc) is 2.61. The van der Waals surface area contributed by atoms with Crippen molar-refractivity contribution in [3.05, 3.63) is 48.3 Å². The molecule has 2 rings (SSSR count). The van der Waals surface area contributed by atoms with Crippen molar-refractivity contribution in [1.82, 2.24) is 0 Å². The summed E-state index contributed by atoms with van der Waals surface area (Å²) in [6.07, 6.45) is 1.07. The van der Waals surface area contributed by atoms with Crippen molar-refractivity contribution in [3.8, 4) is 17.2 Å². The molecular weight excluding hydrogens is 341 g/mol. The summed E-state index contributed by atoms with van der Waals surface area (Å²) in [6, 6.07) is 11.0. The van der Waals surface area contributed by atoms with Crippen LogP contribution in [0, 0.1) is 5.82 Å². The minimum atomic E-state index is -0.891. The number of hydrogen-bond acceptors (Lipinski definition) is 4. The van der Waals surface area contributed by atoms with Crippen molar-refractivity contribution in [2.75, 3.05) is 12.4 Å². The first-order valence-electron chi connectivity index (χ1n) is 8.11. The Labute approximate surface area is 150 Å². The number of rotatable bonds is 9. The molecule has 0 bridgehead atoms. The molecule has 1 amide bonds. The molecule has 0 saturated carbocycles. The SMILES string of the molecule is COc1ccccc1Oc1ccc(NC(=O)CCCCC(=O)O)cc1F. The lowest BCUT2D eigenvalue weighted by molar-refractivity contribution is -0.137. The summed E-state index contributed by atoms with van der Waals surface area (Å²) in [5.41, 5.74) is 0.304. The second-order valence-corrected chi connectivity index (χ2v) is 5.55. The van der Waals surface area contributed by atoms with Gasteiger partial charge in [-0.05, 0) is 37.1 Å². The smallest absolute Gasteiger partial charge is 0.303 e. The molecule has 0 unspecified atom stereocenters. The zero-order valence-corrected chi connectivity index (χ0v) is 14.3. The first kappa shape index (κ1) is 19.2. The van der Waals surface area contributed by atoms with Gasteiger partial charge in [-0.2, -0.15) is 0 Å². The Morgan fingerprint density at radius 1 is 1.04 bits per heavy atom. The summed E-state index contributed by atoms with van der Waals surface area (Å²) >= 11 is 0. The molecule has 0 aromatic heterocycles. The zero-order chi connectivity index (χ0) is 18.9. The molecule has 0 spiro atoms. The molecule has 0 aliphatic rings. The van der Waals surface area contributed by atoms with Crippen LogP contribution in [0.5, 0.6) is 17.2 Å². The fourth-order valence-corrected chi connectivity index (χ4v) is 2.27. The van der Waals surface area contributed by atoms with Gasteiger partial charge in [0.25, 0.3) is 0 Å². The highest BCUT2D eigenvalue weighted by atomic mass is 19.1. The lowest BCUT2D eigenvalue weighted by Crippen LogP contribution is -2.11. The standard InChI is InChI=1S/C19H20FNO5/c1-25-16-6-2-3-7-17(16)26-15-11-10-13(12-14(15)20)21-18(22)8-4-5-9-19(23)24/h2-3,6-7,10-12H,4-5,8-9H2,1H3,(H,21,22)(H,23,24). The fourth-order valence-electron chi connectivity index (χ4n) is 2.27. The average molecular weight is 361 g/mol. The third-order valence-corrected chi connectivity index (χ3v) is 3.55. The minimum absolute atomic E-state index is 0.00829. The fraction of sp³-hybridized carbons (Fsp3) is 0.263. The summed E-state index contributed by atoms with van der Waals surface area (Å²) in [5.74, 6) is -0.949. The Morgan fingerprint density at radius 2 is 1.73 bits per heavy atom. The summed E-state index contributed by atoms with van der Waals surface area (Å²) in [4.78, 5) is 22.2. The maximum Gasteiger partial charge on any atom is 0.303 e. The number of para-hydroxylation sites is 2. The quantitative estimate of drug-likeness (QED) is 0.654. The molecule has 6 nitrogen and oxygen atoms in total. The Bertz CT molecular complexity index is 778. The maximum absolute atomic E-state index is 14.2. The molecule has 0 radical (unpaired) electrons. The number of carboxylic acid groups (broad SMARTS) is 1. The van der Waals surface area contributed by atoms with E-state index in [1.165, 1.54) is 25.3 Å². The molecular formula is C19H20FNO5. The van der Waals surface area contributed by atoms with Gasteiger partial charge >= 0.3 is 5.97 Å². The number of halogens is 1. The summed E-state index contributed by atoms with van der Waals surface area (Å²) in [6.45, 7) is 0. The van der Waals surface area contributed by atoms with Gasteiger partial charge in [-0.25, -0.2) is 4.39 Å². The minimum Gasteiger partial charge on any atom is -0.493 e. The Morgan fingerprint density at radius 3 is 2.38 bits per heavy atom. The van der Waals surface area contributed by atoms with E-state index < -0.39 is 11.8 Å². The van der Waals surface area contributed by atoms with E-state index in [0.29, 0.717) is 30.0 Å². The zero-order valence-electron chi connectivity index (χ0n) is 14.3. The molecule has 0 fully saturated rings. The van der Waals surface area contributed by atoms with Gasteiger partial charge in [0, 0.05) is 24.6 Å². The molecule has 0 heterocycles. The van der Waals surface area contributed by atoms with Crippen molar-refractivity contribution in [3.63, 3.8) is 0 Å². The molecule has 0 aliphatic heterocycles. The number of aliphatic carboxylic acids is 1. The molecule has 2 aromatic carbocycles. The van der Waals surface area contributed by atoms with Crippen molar-refractivity contribution < 1.29 is 28.6 Å². The lowest BCUT2D eigenvalue weighted by atomic mass is 10.2. The van der Waals surface area contributed by atoms with Crippen LogP contribution >= 0.6 is 0 Å². The molecule has 0 aliphatic carbocycles. The van der Waals surface area contributed by atoms with Crippen LogP contribution in [-0.4, -0.2) is 24.1 Å². The number of carbonyl (C=O) groups excluding carboxylic acids is 1. The van der Waals surface area contributed by atoms with Crippen molar-refractivity contribution >= 4 is 17.6 Å². The number of hydrogen-bond donors (Lipinski definition) is 2. The van der Waals surface area contributed by atoms with Gasteiger partial charge in [0.05, 0.1) is 7.11 Å². The van der Waals surface area contributed by atoms with Crippen LogP contribution in [0.2, 0.25) is 0 Å². The van der Waals surface area contributed by atoms with Crippen LogP contribution in [-0.2, 0) is 9.59 Å². The predicted octanol–water partition coefficient (Wildman–Crippen LogP) is 4.21. The van der Waals surface area contributed by atoms with Crippen LogP contribution in [0.1, 0.15) is 25.7 Å². The van der Waals surface area contributed by atoms with Gasteiger partial charge in [-0.15, -0.1) is 0 Å². The Hall–Kier alpha value is -3.09. The largest absolute Gasteiger partial charge is 0.493 e. The van der Waals surface area contributed by atoms with E-state index in [4.69, 9.17) is 14.6 Å². The predicted molar refractivity (Wildman–Crippen MR) is 94.2 cm³/mol. The van der Waals surface area contributed by atoms with Crippen LogP contribution in [0.25, 0.3) is 0 Å². The van der Waals surface area contributed by atoms with Crippen molar-refractivity contribution in [2.24, 2.45) is 0 Å². The highest BCUT2D eigenvalue weighted by Gasteiger charge is 2.11. The molecule has 26 heavy (non-hydrogen) atoms. The summed E-state index contributed by atoms with van der Waals surface area (Å²) in [5, 5.41) is 11.1.